The van der Waals surface area contributed by atoms with Gasteiger partial charge in [-0.2, -0.15) is 0 Å². The maximum atomic E-state index is 11.4. The average Bonchev–Trinajstić information content (AvgIpc) is 2.23. The van der Waals surface area contributed by atoms with E-state index in [-0.39, 0.29) is 11.1 Å². The molecule has 1 aromatic heterocycles. The number of pyridine rings is 1. The zero-order valence-electron chi connectivity index (χ0n) is 8.43. The summed E-state index contributed by atoms with van der Waals surface area (Å²) in [6, 6.07) is 0. The first kappa shape index (κ1) is 12.9. The number of hydrogen-bond acceptors (Lipinski definition) is 4. The highest BCUT2D eigenvalue weighted by atomic mass is 79.9. The normalized spacial score (nSPS) is 10.4. The van der Waals surface area contributed by atoms with Crippen molar-refractivity contribution in [2.24, 2.45) is 0 Å². The molecule has 1 aromatic rings. The van der Waals surface area contributed by atoms with Gasteiger partial charge in [0, 0.05) is 19.3 Å². The van der Waals surface area contributed by atoms with E-state index in [4.69, 9.17) is 5.11 Å². The predicted molar refractivity (Wildman–Crippen MR) is 61.4 cm³/mol. The van der Waals surface area contributed by atoms with Crippen molar-refractivity contribution in [2.75, 3.05) is 6.61 Å². The fourth-order valence-corrected chi connectivity index (χ4v) is 1.71. The molecule has 0 fully saturated rings. The van der Waals surface area contributed by atoms with Crippen molar-refractivity contribution in [2.45, 2.75) is 19.4 Å². The molecule has 7 heteroatoms. The summed E-state index contributed by atoms with van der Waals surface area (Å²) in [4.78, 5) is 21.2. The number of nitrogens with zero attached hydrogens (tertiary/aromatic N) is 2. The molecular weight excluding hydrogens is 280 g/mol. The fraction of sp³-hybridized carbons (Fsp3) is 0.444. The van der Waals surface area contributed by atoms with Crippen LogP contribution in [0.5, 0.6) is 0 Å². The second-order valence-corrected chi connectivity index (χ2v) is 4.10. The SMILES string of the molecule is O=c1c(Br)cn(CCCCO)cc1[N+](=O)[O-]. The largest absolute Gasteiger partial charge is 0.396 e. The Kier molecular flexibility index (Phi) is 4.63. The zero-order chi connectivity index (χ0) is 12.1. The van der Waals surface area contributed by atoms with Crippen molar-refractivity contribution in [3.8, 4) is 0 Å². The summed E-state index contributed by atoms with van der Waals surface area (Å²) in [5.41, 5.74) is -1.07. The summed E-state index contributed by atoms with van der Waals surface area (Å²) >= 11 is 2.99. The molecule has 0 unspecified atom stereocenters. The topological polar surface area (TPSA) is 85.4 Å². The first-order valence-electron chi connectivity index (χ1n) is 4.71. The molecule has 0 bridgehead atoms. The molecule has 0 aliphatic heterocycles. The van der Waals surface area contributed by atoms with Gasteiger partial charge in [-0.05, 0) is 28.8 Å². The van der Waals surface area contributed by atoms with Crippen LogP contribution in [-0.2, 0) is 6.54 Å². The summed E-state index contributed by atoms with van der Waals surface area (Å²) in [5.74, 6) is 0. The van der Waals surface area contributed by atoms with E-state index in [1.54, 1.807) is 4.57 Å². The van der Waals surface area contributed by atoms with Crippen LogP contribution in [0.3, 0.4) is 0 Å². The van der Waals surface area contributed by atoms with Crippen molar-refractivity contribution in [3.63, 3.8) is 0 Å². The van der Waals surface area contributed by atoms with Gasteiger partial charge >= 0.3 is 5.69 Å². The minimum atomic E-state index is -0.699. The van der Waals surface area contributed by atoms with Crippen LogP contribution in [0.15, 0.2) is 21.7 Å². The minimum absolute atomic E-state index is 0.0868. The molecule has 0 aliphatic carbocycles. The third-order valence-corrected chi connectivity index (χ3v) is 2.60. The number of nitro groups is 1. The van der Waals surface area contributed by atoms with Gasteiger partial charge in [-0.15, -0.1) is 0 Å². The van der Waals surface area contributed by atoms with Gasteiger partial charge in [-0.3, -0.25) is 14.9 Å². The zero-order valence-corrected chi connectivity index (χ0v) is 10.0. The number of aliphatic hydroxyl groups excluding tert-OH is 1. The van der Waals surface area contributed by atoms with Gasteiger partial charge in [0.25, 0.3) is 5.43 Å². The molecule has 0 aromatic carbocycles. The van der Waals surface area contributed by atoms with Crippen LogP contribution in [0.2, 0.25) is 0 Å². The number of aromatic nitrogens is 1. The van der Waals surface area contributed by atoms with E-state index >= 15 is 0 Å². The lowest BCUT2D eigenvalue weighted by atomic mass is 10.3. The monoisotopic (exact) mass is 290 g/mol. The highest BCUT2D eigenvalue weighted by Crippen LogP contribution is 2.11. The lowest BCUT2D eigenvalue weighted by Gasteiger charge is -2.05. The van der Waals surface area contributed by atoms with Crippen molar-refractivity contribution in [1.82, 2.24) is 4.57 Å². The van der Waals surface area contributed by atoms with Crippen molar-refractivity contribution >= 4 is 21.6 Å². The maximum Gasteiger partial charge on any atom is 0.333 e. The summed E-state index contributed by atoms with van der Waals surface area (Å²) in [6.45, 7) is 0.615. The van der Waals surface area contributed by atoms with Gasteiger partial charge in [0.2, 0.25) is 0 Å². The Bertz CT molecular complexity index is 444. The molecule has 16 heavy (non-hydrogen) atoms. The quantitative estimate of drug-likeness (QED) is 0.503. The van der Waals surface area contributed by atoms with E-state index in [0.29, 0.717) is 19.4 Å². The van der Waals surface area contributed by atoms with Crippen molar-refractivity contribution in [3.05, 3.63) is 37.2 Å². The van der Waals surface area contributed by atoms with E-state index in [1.165, 1.54) is 12.4 Å². The van der Waals surface area contributed by atoms with Crippen LogP contribution in [0.25, 0.3) is 0 Å². The first-order valence-corrected chi connectivity index (χ1v) is 5.50. The maximum absolute atomic E-state index is 11.4. The molecule has 1 rings (SSSR count). The van der Waals surface area contributed by atoms with E-state index < -0.39 is 16.0 Å². The van der Waals surface area contributed by atoms with Gasteiger partial charge in [-0.1, -0.05) is 0 Å². The Morgan fingerprint density at radius 3 is 2.69 bits per heavy atom. The molecular formula is C9H11BrN2O4. The predicted octanol–water partition coefficient (Wildman–Crippen LogP) is 1.29. The first-order chi connectivity index (χ1) is 7.56. The van der Waals surface area contributed by atoms with Gasteiger partial charge in [0.1, 0.15) is 0 Å². The minimum Gasteiger partial charge on any atom is -0.396 e. The van der Waals surface area contributed by atoms with Gasteiger partial charge in [-0.25, -0.2) is 0 Å². The van der Waals surface area contributed by atoms with Gasteiger partial charge in [0.05, 0.1) is 15.6 Å². The Morgan fingerprint density at radius 1 is 1.44 bits per heavy atom. The Hall–Kier alpha value is -1.21. The number of rotatable bonds is 5. The molecule has 0 atom stereocenters. The van der Waals surface area contributed by atoms with Gasteiger partial charge in [0.15, 0.2) is 0 Å². The summed E-state index contributed by atoms with van der Waals surface area (Å²) < 4.78 is 1.74. The van der Waals surface area contributed by atoms with Crippen LogP contribution in [-0.4, -0.2) is 21.2 Å². The van der Waals surface area contributed by atoms with Crippen LogP contribution in [0, 0.1) is 10.1 Å². The van der Waals surface area contributed by atoms with Crippen LogP contribution in [0.4, 0.5) is 5.69 Å². The molecule has 0 saturated heterocycles. The summed E-state index contributed by atoms with van der Waals surface area (Å²) in [6.07, 6.45) is 4.04. The highest BCUT2D eigenvalue weighted by Gasteiger charge is 2.15. The second-order valence-electron chi connectivity index (χ2n) is 3.25. The lowest BCUT2D eigenvalue weighted by Crippen LogP contribution is -2.13. The van der Waals surface area contributed by atoms with Crippen LogP contribution in [0.1, 0.15) is 12.8 Å². The highest BCUT2D eigenvalue weighted by molar-refractivity contribution is 9.10. The summed E-state index contributed by atoms with van der Waals surface area (Å²) in [5, 5.41) is 19.2. The van der Waals surface area contributed by atoms with E-state index in [9.17, 15) is 14.9 Å². The molecule has 0 spiro atoms. The fourth-order valence-electron chi connectivity index (χ4n) is 1.24. The summed E-state index contributed by atoms with van der Waals surface area (Å²) in [7, 11) is 0. The Morgan fingerprint density at radius 2 is 2.12 bits per heavy atom. The molecule has 6 nitrogen and oxygen atoms in total. The lowest BCUT2D eigenvalue weighted by molar-refractivity contribution is -0.386. The van der Waals surface area contributed by atoms with Crippen molar-refractivity contribution in [1.29, 1.82) is 0 Å². The van der Waals surface area contributed by atoms with E-state index in [1.807, 2.05) is 0 Å². The molecule has 0 saturated carbocycles. The Labute approximate surface area is 99.8 Å². The van der Waals surface area contributed by atoms with E-state index in [0.717, 1.165) is 0 Å². The molecule has 0 amide bonds. The smallest absolute Gasteiger partial charge is 0.333 e. The molecule has 0 radical (unpaired) electrons. The molecule has 88 valence electrons. The second kappa shape index (κ2) is 5.76. The standard InChI is InChI=1S/C9H11BrN2O4/c10-7-5-11(3-1-2-4-13)6-8(9(7)14)12(15)16/h5-6,13H,1-4H2. The van der Waals surface area contributed by atoms with Crippen LogP contribution < -0.4 is 5.43 Å². The Balaban J connectivity index is 2.95. The number of aliphatic hydroxyl groups is 1. The van der Waals surface area contributed by atoms with Crippen molar-refractivity contribution < 1.29 is 10.0 Å². The van der Waals surface area contributed by atoms with E-state index in [2.05, 4.69) is 15.9 Å². The third-order valence-electron chi connectivity index (χ3n) is 2.04. The third kappa shape index (κ3) is 3.14. The molecule has 1 N–H and O–H groups in total. The van der Waals surface area contributed by atoms with Gasteiger partial charge < -0.3 is 9.67 Å². The number of aryl methyl sites for hydroxylation is 1. The number of unbranched alkanes of at least 4 members (excludes halogenated alkanes) is 1. The number of halogens is 1. The molecule has 1 heterocycles. The van der Waals surface area contributed by atoms with Crippen LogP contribution >= 0.6 is 15.9 Å². The number of hydrogen-bond donors (Lipinski definition) is 1. The molecule has 0 aliphatic rings. The average molecular weight is 291 g/mol.